The van der Waals surface area contributed by atoms with E-state index in [1.165, 1.54) is 4.90 Å². The zero-order valence-electron chi connectivity index (χ0n) is 15.3. The second kappa shape index (κ2) is 7.21. The third kappa shape index (κ3) is 3.77. The molecular formula is C19H22F2N4O3. The van der Waals surface area contributed by atoms with Gasteiger partial charge in [-0.2, -0.15) is 0 Å². The number of hydrogen-bond acceptors (Lipinski definition) is 5. The predicted molar refractivity (Wildman–Crippen MR) is 95.5 cm³/mol. The number of carbonyl (C=O) groups is 3. The van der Waals surface area contributed by atoms with E-state index in [0.717, 1.165) is 11.1 Å². The molecule has 0 spiro atoms. The maximum atomic E-state index is 13.2. The molecule has 3 amide bonds. The molecule has 3 heterocycles. The Morgan fingerprint density at radius 2 is 2.07 bits per heavy atom. The Kier molecular flexibility index (Phi) is 4.88. The van der Waals surface area contributed by atoms with E-state index in [1.807, 2.05) is 12.1 Å². The molecule has 0 aliphatic carbocycles. The van der Waals surface area contributed by atoms with Gasteiger partial charge in [0.1, 0.15) is 6.04 Å². The van der Waals surface area contributed by atoms with Crippen LogP contribution in [0.15, 0.2) is 18.2 Å². The second-order valence-corrected chi connectivity index (χ2v) is 7.66. The van der Waals surface area contributed by atoms with Crippen LogP contribution in [0.4, 0.5) is 8.78 Å². The van der Waals surface area contributed by atoms with Crippen molar-refractivity contribution in [3.63, 3.8) is 0 Å². The van der Waals surface area contributed by atoms with Crippen molar-refractivity contribution in [2.75, 3.05) is 13.1 Å². The summed E-state index contributed by atoms with van der Waals surface area (Å²) in [5.41, 5.74) is 2.34. The largest absolute Gasteiger partial charge is 0.322 e. The van der Waals surface area contributed by atoms with Crippen molar-refractivity contribution >= 4 is 17.7 Å². The monoisotopic (exact) mass is 392 g/mol. The number of nitrogens with one attached hydrogen (secondary N) is 3. The number of rotatable bonds is 5. The van der Waals surface area contributed by atoms with Gasteiger partial charge in [-0.1, -0.05) is 12.1 Å². The number of nitrogens with zero attached hydrogens (tertiary/aromatic N) is 1. The lowest BCUT2D eigenvalue weighted by Crippen LogP contribution is -2.52. The lowest BCUT2D eigenvalue weighted by molar-refractivity contribution is -0.136. The van der Waals surface area contributed by atoms with Crippen LogP contribution in [0.2, 0.25) is 0 Å². The predicted octanol–water partition coefficient (Wildman–Crippen LogP) is 0.534. The molecule has 7 nitrogen and oxygen atoms in total. The number of benzene rings is 1. The number of hydrogen-bond donors (Lipinski definition) is 3. The molecule has 0 saturated carbocycles. The fourth-order valence-electron chi connectivity index (χ4n) is 4.07. The summed E-state index contributed by atoms with van der Waals surface area (Å²) in [7, 11) is 0. The summed E-state index contributed by atoms with van der Waals surface area (Å²) in [6.07, 6.45) is 0.386. The molecule has 1 unspecified atom stereocenters. The summed E-state index contributed by atoms with van der Waals surface area (Å²) in [4.78, 5) is 37.6. The minimum absolute atomic E-state index is 0.167. The SMILES string of the molecule is O=C1CCC(N2Cc3cc(CNC[C@@H]4CC(F)(F)CN4)ccc3C2=O)C(=O)N1. The third-order valence-electron chi connectivity index (χ3n) is 5.50. The molecule has 2 atom stereocenters. The normalized spacial score (nSPS) is 26.5. The van der Waals surface area contributed by atoms with Crippen molar-refractivity contribution in [1.82, 2.24) is 20.9 Å². The molecule has 1 aromatic rings. The maximum Gasteiger partial charge on any atom is 0.261 e. The zero-order chi connectivity index (χ0) is 19.9. The van der Waals surface area contributed by atoms with Gasteiger partial charge in [-0.25, -0.2) is 8.78 Å². The van der Waals surface area contributed by atoms with E-state index < -0.39 is 17.9 Å². The van der Waals surface area contributed by atoms with Crippen LogP contribution in [0.1, 0.15) is 40.7 Å². The van der Waals surface area contributed by atoms with Crippen LogP contribution in [0.3, 0.4) is 0 Å². The van der Waals surface area contributed by atoms with Crippen molar-refractivity contribution < 1.29 is 23.2 Å². The van der Waals surface area contributed by atoms with Crippen LogP contribution in [0.5, 0.6) is 0 Å². The van der Waals surface area contributed by atoms with Gasteiger partial charge < -0.3 is 15.5 Å². The molecule has 0 aromatic heterocycles. The quantitative estimate of drug-likeness (QED) is 0.637. The molecule has 28 heavy (non-hydrogen) atoms. The van der Waals surface area contributed by atoms with Gasteiger partial charge in [0.25, 0.3) is 11.8 Å². The molecule has 3 aliphatic rings. The standard InChI is InChI=1S/C19H22F2N4O3/c20-19(21)6-13(23-10-19)8-22-7-11-1-2-14-12(5-11)9-25(18(14)28)15-3-4-16(26)24-17(15)27/h1-2,5,13,15,22-23H,3-4,6-10H2,(H,24,26,27)/t13-,15?/m0/s1. The van der Waals surface area contributed by atoms with Gasteiger partial charge in [0, 0.05) is 44.1 Å². The van der Waals surface area contributed by atoms with E-state index in [9.17, 15) is 23.2 Å². The van der Waals surface area contributed by atoms with Crippen LogP contribution in [0.25, 0.3) is 0 Å². The lowest BCUT2D eigenvalue weighted by atomic mass is 10.0. The van der Waals surface area contributed by atoms with Crippen molar-refractivity contribution in [1.29, 1.82) is 0 Å². The summed E-state index contributed by atoms with van der Waals surface area (Å²) in [6, 6.07) is 4.59. The number of amides is 3. The van der Waals surface area contributed by atoms with Crippen LogP contribution in [0, 0.1) is 0 Å². The first-order chi connectivity index (χ1) is 13.3. The average molecular weight is 392 g/mol. The Hall–Kier alpha value is -2.39. The van der Waals surface area contributed by atoms with E-state index >= 15 is 0 Å². The van der Waals surface area contributed by atoms with Gasteiger partial charge in [-0.05, 0) is 23.6 Å². The van der Waals surface area contributed by atoms with E-state index in [0.29, 0.717) is 31.6 Å². The highest BCUT2D eigenvalue weighted by Crippen LogP contribution is 2.28. The van der Waals surface area contributed by atoms with E-state index in [-0.39, 0.29) is 37.2 Å². The molecule has 2 saturated heterocycles. The third-order valence-corrected chi connectivity index (χ3v) is 5.50. The molecule has 2 fully saturated rings. The van der Waals surface area contributed by atoms with Gasteiger partial charge >= 0.3 is 0 Å². The summed E-state index contributed by atoms with van der Waals surface area (Å²) < 4.78 is 26.4. The van der Waals surface area contributed by atoms with E-state index in [4.69, 9.17) is 0 Å². The number of carbonyl (C=O) groups excluding carboxylic acids is 3. The van der Waals surface area contributed by atoms with Gasteiger partial charge in [-0.15, -0.1) is 0 Å². The van der Waals surface area contributed by atoms with Crippen LogP contribution >= 0.6 is 0 Å². The Bertz CT molecular complexity index is 829. The molecule has 4 rings (SSSR count). The van der Waals surface area contributed by atoms with Crippen molar-refractivity contribution in [3.8, 4) is 0 Å². The maximum absolute atomic E-state index is 13.2. The molecular weight excluding hydrogens is 370 g/mol. The van der Waals surface area contributed by atoms with E-state index in [2.05, 4.69) is 16.0 Å². The van der Waals surface area contributed by atoms with Gasteiger partial charge in [0.15, 0.2) is 0 Å². The summed E-state index contributed by atoms with van der Waals surface area (Å²) >= 11 is 0. The Labute approximate surface area is 160 Å². The van der Waals surface area contributed by atoms with Gasteiger partial charge in [0.2, 0.25) is 11.8 Å². The number of imide groups is 1. The minimum atomic E-state index is -2.64. The highest BCUT2D eigenvalue weighted by Gasteiger charge is 2.40. The Morgan fingerprint density at radius 1 is 1.25 bits per heavy atom. The fraction of sp³-hybridized carbons (Fsp3) is 0.526. The second-order valence-electron chi connectivity index (χ2n) is 7.66. The van der Waals surface area contributed by atoms with Crippen LogP contribution in [-0.4, -0.2) is 53.7 Å². The average Bonchev–Trinajstić information content (AvgIpc) is 3.14. The highest BCUT2D eigenvalue weighted by molar-refractivity contribution is 6.05. The molecule has 0 radical (unpaired) electrons. The first-order valence-electron chi connectivity index (χ1n) is 9.41. The number of halogens is 2. The Balaban J connectivity index is 1.36. The number of piperidine rings is 1. The molecule has 0 bridgehead atoms. The lowest BCUT2D eigenvalue weighted by Gasteiger charge is -2.29. The van der Waals surface area contributed by atoms with Gasteiger partial charge in [0.05, 0.1) is 6.54 Å². The fourth-order valence-corrected chi connectivity index (χ4v) is 4.07. The topological polar surface area (TPSA) is 90.5 Å². The summed E-state index contributed by atoms with van der Waals surface area (Å²) in [5.74, 6) is -3.59. The smallest absolute Gasteiger partial charge is 0.261 e. The van der Waals surface area contributed by atoms with E-state index in [1.54, 1.807) is 6.07 Å². The van der Waals surface area contributed by atoms with Crippen molar-refractivity contribution in [3.05, 3.63) is 34.9 Å². The molecule has 3 N–H and O–H groups in total. The van der Waals surface area contributed by atoms with Gasteiger partial charge in [-0.3, -0.25) is 19.7 Å². The Morgan fingerprint density at radius 3 is 2.79 bits per heavy atom. The molecule has 150 valence electrons. The zero-order valence-corrected chi connectivity index (χ0v) is 15.3. The van der Waals surface area contributed by atoms with Crippen LogP contribution < -0.4 is 16.0 Å². The van der Waals surface area contributed by atoms with Crippen molar-refractivity contribution in [2.24, 2.45) is 0 Å². The molecule has 9 heteroatoms. The number of fused-ring (bicyclic) bond motifs is 1. The summed E-state index contributed by atoms with van der Waals surface area (Å²) in [5, 5.41) is 8.26. The first-order valence-corrected chi connectivity index (χ1v) is 9.41. The van der Waals surface area contributed by atoms with Crippen molar-refractivity contribution in [2.45, 2.75) is 50.4 Å². The molecule has 1 aromatic carbocycles. The summed E-state index contributed by atoms with van der Waals surface area (Å²) in [6.45, 7) is 0.985. The van der Waals surface area contributed by atoms with Crippen LogP contribution in [-0.2, 0) is 22.7 Å². The molecule has 3 aliphatic heterocycles. The highest BCUT2D eigenvalue weighted by atomic mass is 19.3. The minimum Gasteiger partial charge on any atom is -0.322 e. The first kappa shape index (κ1) is 18.9. The number of alkyl halides is 2.